The zero-order valence-electron chi connectivity index (χ0n) is 17.1. The Balaban J connectivity index is 1.27. The smallest absolute Gasteiger partial charge is 0.290 e. The van der Waals surface area contributed by atoms with Gasteiger partial charge in [-0.05, 0) is 17.7 Å². The number of rotatable bonds is 3. The summed E-state index contributed by atoms with van der Waals surface area (Å²) >= 11 is 0. The lowest BCUT2D eigenvalue weighted by Gasteiger charge is -2.47. The summed E-state index contributed by atoms with van der Waals surface area (Å²) in [4.78, 5) is 21.2. The van der Waals surface area contributed by atoms with E-state index in [4.69, 9.17) is 18.9 Å². The van der Waals surface area contributed by atoms with Crippen molar-refractivity contribution in [3.05, 3.63) is 42.0 Å². The fourth-order valence-corrected chi connectivity index (χ4v) is 4.23. The molecule has 9 heteroatoms. The van der Waals surface area contributed by atoms with Crippen molar-refractivity contribution in [2.75, 3.05) is 52.6 Å². The van der Waals surface area contributed by atoms with Gasteiger partial charge in [0.1, 0.15) is 13.2 Å². The number of imidazole rings is 1. The average Bonchev–Trinajstić information content (AvgIpc) is 3.19. The van der Waals surface area contributed by atoms with Crippen LogP contribution in [0.2, 0.25) is 0 Å². The Hall–Kier alpha value is -2.62. The van der Waals surface area contributed by atoms with Crippen LogP contribution in [0.3, 0.4) is 0 Å². The minimum Gasteiger partial charge on any atom is -0.486 e. The number of benzene rings is 1. The summed E-state index contributed by atoms with van der Waals surface area (Å²) < 4.78 is 25.2. The molecule has 3 aliphatic heterocycles. The van der Waals surface area contributed by atoms with Crippen molar-refractivity contribution in [2.24, 2.45) is 7.05 Å². The van der Waals surface area contributed by atoms with E-state index < -0.39 is 5.79 Å². The average molecular weight is 414 g/mol. The van der Waals surface area contributed by atoms with E-state index in [-0.39, 0.29) is 5.91 Å². The fraction of sp³-hybridized carbons (Fsp3) is 0.524. The molecule has 2 saturated heterocycles. The molecule has 1 spiro atoms. The lowest BCUT2D eigenvalue weighted by Crippen LogP contribution is -2.62. The molecule has 1 amide bonds. The van der Waals surface area contributed by atoms with Crippen molar-refractivity contribution in [2.45, 2.75) is 12.3 Å². The third kappa shape index (κ3) is 3.76. The fourth-order valence-electron chi connectivity index (χ4n) is 4.23. The van der Waals surface area contributed by atoms with Crippen molar-refractivity contribution in [1.82, 2.24) is 19.4 Å². The number of aryl methyl sites for hydroxylation is 1. The molecule has 5 rings (SSSR count). The minimum absolute atomic E-state index is 0.0993. The van der Waals surface area contributed by atoms with E-state index >= 15 is 0 Å². The first-order valence-electron chi connectivity index (χ1n) is 10.3. The second-order valence-corrected chi connectivity index (χ2v) is 7.88. The van der Waals surface area contributed by atoms with Gasteiger partial charge < -0.3 is 28.4 Å². The van der Waals surface area contributed by atoms with Crippen molar-refractivity contribution in [3.63, 3.8) is 0 Å². The molecule has 0 radical (unpaired) electrons. The lowest BCUT2D eigenvalue weighted by molar-refractivity contribution is -0.287. The maximum atomic E-state index is 12.9. The SMILES string of the molecule is Cn1ccnc1C(=O)N1CCOC2(CN(Cc3ccc4c(c3)OCCO4)CCO2)C1. The molecule has 0 saturated carbocycles. The summed E-state index contributed by atoms with van der Waals surface area (Å²) in [5.74, 6) is 1.10. The van der Waals surface area contributed by atoms with E-state index in [2.05, 4.69) is 16.0 Å². The lowest BCUT2D eigenvalue weighted by atomic mass is 10.1. The molecule has 2 aromatic rings. The van der Waals surface area contributed by atoms with Crippen LogP contribution in [-0.2, 0) is 23.1 Å². The molecule has 0 bridgehead atoms. The molecule has 0 N–H and O–H groups in total. The standard InChI is InChI=1S/C21H26N4O5/c1-23-5-4-22-19(23)20(26)25-7-9-30-21(15-25)14-24(6-8-29-21)13-16-2-3-17-18(12-16)28-11-10-27-17/h2-5,12H,6-11,13-15H2,1H3. The Morgan fingerprint density at radius 2 is 1.87 bits per heavy atom. The molecule has 9 nitrogen and oxygen atoms in total. The highest BCUT2D eigenvalue weighted by atomic mass is 16.7. The Bertz CT molecular complexity index is 928. The predicted octanol–water partition coefficient (Wildman–Crippen LogP) is 0.892. The number of hydrogen-bond acceptors (Lipinski definition) is 7. The molecule has 3 aliphatic rings. The first-order valence-corrected chi connectivity index (χ1v) is 10.3. The van der Waals surface area contributed by atoms with Crippen LogP contribution in [0.4, 0.5) is 0 Å². The minimum atomic E-state index is -0.814. The van der Waals surface area contributed by atoms with Crippen LogP contribution in [0.15, 0.2) is 30.6 Å². The highest BCUT2D eigenvalue weighted by Gasteiger charge is 2.43. The first kappa shape index (κ1) is 19.3. The van der Waals surface area contributed by atoms with E-state index in [1.807, 2.05) is 19.2 Å². The maximum absolute atomic E-state index is 12.9. The number of ether oxygens (including phenoxy) is 4. The van der Waals surface area contributed by atoms with Gasteiger partial charge in [-0.3, -0.25) is 9.69 Å². The van der Waals surface area contributed by atoms with E-state index in [9.17, 15) is 4.79 Å². The van der Waals surface area contributed by atoms with E-state index in [1.54, 1.807) is 21.9 Å². The van der Waals surface area contributed by atoms with Gasteiger partial charge >= 0.3 is 0 Å². The summed E-state index contributed by atoms with van der Waals surface area (Å²) in [6.45, 7) is 5.20. The van der Waals surface area contributed by atoms with Gasteiger partial charge in [-0.25, -0.2) is 4.98 Å². The number of nitrogens with zero attached hydrogens (tertiary/aromatic N) is 4. The highest BCUT2D eigenvalue weighted by Crippen LogP contribution is 2.32. The van der Waals surface area contributed by atoms with Gasteiger partial charge in [-0.2, -0.15) is 0 Å². The van der Waals surface area contributed by atoms with Crippen molar-refractivity contribution < 1.29 is 23.7 Å². The molecular formula is C21H26N4O5. The topological polar surface area (TPSA) is 78.3 Å². The monoisotopic (exact) mass is 414 g/mol. The number of amides is 1. The van der Waals surface area contributed by atoms with Gasteiger partial charge in [0.15, 0.2) is 23.1 Å². The second-order valence-electron chi connectivity index (χ2n) is 7.88. The second kappa shape index (κ2) is 7.90. The van der Waals surface area contributed by atoms with Crippen LogP contribution in [0.25, 0.3) is 0 Å². The van der Waals surface area contributed by atoms with E-state index in [0.717, 1.165) is 30.2 Å². The van der Waals surface area contributed by atoms with Crippen LogP contribution in [0, 0.1) is 0 Å². The van der Waals surface area contributed by atoms with Gasteiger partial charge in [0.25, 0.3) is 5.91 Å². The van der Waals surface area contributed by atoms with Crippen LogP contribution in [-0.4, -0.2) is 83.7 Å². The molecule has 1 aromatic heterocycles. The molecule has 160 valence electrons. The van der Waals surface area contributed by atoms with Crippen LogP contribution < -0.4 is 9.47 Å². The van der Waals surface area contributed by atoms with Crippen molar-refractivity contribution in [3.8, 4) is 11.5 Å². The van der Waals surface area contributed by atoms with Gasteiger partial charge in [-0.1, -0.05) is 6.07 Å². The first-order chi connectivity index (χ1) is 14.6. The molecule has 1 atom stereocenters. The summed E-state index contributed by atoms with van der Waals surface area (Å²) in [5, 5.41) is 0. The van der Waals surface area contributed by atoms with Gasteiger partial charge in [0.05, 0.1) is 26.3 Å². The van der Waals surface area contributed by atoms with Gasteiger partial charge in [0.2, 0.25) is 0 Å². The third-order valence-electron chi connectivity index (χ3n) is 5.71. The van der Waals surface area contributed by atoms with Gasteiger partial charge in [-0.15, -0.1) is 0 Å². The zero-order chi connectivity index (χ0) is 20.6. The molecule has 4 heterocycles. The number of hydrogen-bond donors (Lipinski definition) is 0. The van der Waals surface area contributed by atoms with Crippen LogP contribution in [0.5, 0.6) is 11.5 Å². The number of fused-ring (bicyclic) bond motifs is 1. The van der Waals surface area contributed by atoms with E-state index in [1.165, 1.54) is 0 Å². The van der Waals surface area contributed by atoms with Gasteiger partial charge in [0, 0.05) is 39.1 Å². The van der Waals surface area contributed by atoms with Crippen LogP contribution >= 0.6 is 0 Å². The number of carbonyl (C=O) groups excluding carboxylic acids is 1. The molecule has 30 heavy (non-hydrogen) atoms. The zero-order valence-corrected chi connectivity index (χ0v) is 17.1. The number of aromatic nitrogens is 2. The van der Waals surface area contributed by atoms with Crippen molar-refractivity contribution >= 4 is 5.91 Å². The Labute approximate surface area is 175 Å². The quantitative estimate of drug-likeness (QED) is 0.738. The molecule has 1 unspecified atom stereocenters. The summed E-state index contributed by atoms with van der Waals surface area (Å²) in [6, 6.07) is 6.06. The molecule has 1 aromatic carbocycles. The summed E-state index contributed by atoms with van der Waals surface area (Å²) in [5.41, 5.74) is 1.15. The Morgan fingerprint density at radius 1 is 1.07 bits per heavy atom. The predicted molar refractivity (Wildman–Crippen MR) is 106 cm³/mol. The molecule has 2 fully saturated rings. The van der Waals surface area contributed by atoms with E-state index in [0.29, 0.717) is 51.9 Å². The van der Waals surface area contributed by atoms with Crippen LogP contribution in [0.1, 0.15) is 16.2 Å². The maximum Gasteiger partial charge on any atom is 0.290 e. The Kier molecular flexibility index (Phi) is 5.10. The summed E-state index contributed by atoms with van der Waals surface area (Å²) in [7, 11) is 1.82. The third-order valence-corrected chi connectivity index (χ3v) is 5.71. The highest BCUT2D eigenvalue weighted by molar-refractivity contribution is 5.90. The largest absolute Gasteiger partial charge is 0.486 e. The normalized spacial score (nSPS) is 24.2. The van der Waals surface area contributed by atoms with Crippen molar-refractivity contribution in [1.29, 1.82) is 0 Å². The molecular weight excluding hydrogens is 388 g/mol. The summed E-state index contributed by atoms with van der Waals surface area (Å²) in [6.07, 6.45) is 3.41. The number of carbonyl (C=O) groups is 1. The number of morpholine rings is 2. The Morgan fingerprint density at radius 3 is 2.67 bits per heavy atom. The molecule has 0 aliphatic carbocycles.